The first-order chi connectivity index (χ1) is 11.4. The van der Waals surface area contributed by atoms with Gasteiger partial charge in [-0.05, 0) is 36.8 Å². The lowest BCUT2D eigenvalue weighted by molar-refractivity contribution is -0.119. The number of rotatable bonds is 6. The molecule has 0 saturated heterocycles. The average Bonchev–Trinajstić information content (AvgIpc) is 2.55. The van der Waals surface area contributed by atoms with Crippen LogP contribution in [-0.2, 0) is 20.4 Å². The number of hydrogen-bond acceptors (Lipinski definition) is 5. The lowest BCUT2D eigenvalue weighted by Gasteiger charge is -2.13. The molecule has 0 radical (unpaired) electrons. The van der Waals surface area contributed by atoms with Gasteiger partial charge in [-0.3, -0.25) is 9.78 Å². The molecule has 1 atom stereocenters. The molecule has 124 valence electrons. The zero-order valence-corrected chi connectivity index (χ0v) is 14.0. The third kappa shape index (κ3) is 5.18. The van der Waals surface area contributed by atoms with Crippen molar-refractivity contribution in [3.8, 4) is 6.07 Å². The largest absolute Gasteiger partial charge is 0.347 e. The van der Waals surface area contributed by atoms with Crippen LogP contribution in [-0.4, -0.2) is 25.1 Å². The highest BCUT2D eigenvalue weighted by Crippen LogP contribution is 2.10. The van der Waals surface area contributed by atoms with Crippen molar-refractivity contribution in [1.29, 1.82) is 5.26 Å². The fraction of sp³-hybridized carbons (Fsp3) is 0.235. The fourth-order valence-electron chi connectivity index (χ4n) is 2.17. The fourth-order valence-corrected chi connectivity index (χ4v) is 3.45. The van der Waals surface area contributed by atoms with E-state index in [0.717, 1.165) is 0 Å². The molecule has 2 rings (SSSR count). The van der Waals surface area contributed by atoms with Crippen molar-refractivity contribution in [2.75, 3.05) is 5.75 Å². The minimum atomic E-state index is -3.60. The Hall–Kier alpha value is -2.72. The van der Waals surface area contributed by atoms with E-state index in [-0.39, 0.29) is 11.8 Å². The molecule has 1 heterocycles. The first kappa shape index (κ1) is 17.6. The summed E-state index contributed by atoms with van der Waals surface area (Å²) in [5, 5.41) is 11.4. The molecule has 1 aromatic carbocycles. The van der Waals surface area contributed by atoms with Crippen LogP contribution in [0.15, 0.2) is 48.7 Å². The lowest BCUT2D eigenvalue weighted by atomic mass is 10.2. The van der Waals surface area contributed by atoms with E-state index in [0.29, 0.717) is 16.8 Å². The van der Waals surface area contributed by atoms with Gasteiger partial charge in [-0.25, -0.2) is 8.42 Å². The summed E-state index contributed by atoms with van der Waals surface area (Å²) in [6.07, 6.45) is 1.61. The summed E-state index contributed by atoms with van der Waals surface area (Å²) in [5.41, 5.74) is 1.66. The van der Waals surface area contributed by atoms with E-state index in [2.05, 4.69) is 10.3 Å². The van der Waals surface area contributed by atoms with Crippen LogP contribution in [0.2, 0.25) is 0 Å². The standard InChI is InChI=1S/C17H17N3O3S/c1-13(16-4-2-3-9-19-16)20-17(21)12-24(22,23)11-15-7-5-14(10-18)6-8-15/h2-9,13H,11-12H2,1H3,(H,20,21)/t13-/m0/s1. The molecule has 0 aliphatic heterocycles. The topological polar surface area (TPSA) is 99.9 Å². The van der Waals surface area contributed by atoms with Gasteiger partial charge in [0, 0.05) is 6.20 Å². The summed E-state index contributed by atoms with van der Waals surface area (Å²) < 4.78 is 24.3. The van der Waals surface area contributed by atoms with Crippen molar-refractivity contribution in [3.05, 3.63) is 65.5 Å². The average molecular weight is 343 g/mol. The zero-order chi connectivity index (χ0) is 17.6. The maximum atomic E-state index is 12.1. The van der Waals surface area contributed by atoms with Gasteiger partial charge in [0.25, 0.3) is 0 Å². The van der Waals surface area contributed by atoms with Gasteiger partial charge in [0.2, 0.25) is 5.91 Å². The van der Waals surface area contributed by atoms with E-state index < -0.39 is 21.5 Å². The molecular weight excluding hydrogens is 326 g/mol. The maximum absolute atomic E-state index is 12.1. The Kier molecular flexibility index (Phi) is 5.66. The number of aromatic nitrogens is 1. The molecule has 0 bridgehead atoms. The van der Waals surface area contributed by atoms with Crippen molar-refractivity contribution in [3.63, 3.8) is 0 Å². The predicted octanol–water partition coefficient (Wildman–Crippen LogP) is 1.75. The third-order valence-electron chi connectivity index (χ3n) is 3.33. The van der Waals surface area contributed by atoms with E-state index >= 15 is 0 Å². The van der Waals surface area contributed by atoms with E-state index in [9.17, 15) is 13.2 Å². The third-order valence-corrected chi connectivity index (χ3v) is 4.80. The molecule has 1 aromatic heterocycles. The monoisotopic (exact) mass is 343 g/mol. The van der Waals surface area contributed by atoms with Crippen molar-refractivity contribution >= 4 is 15.7 Å². The number of nitrogens with zero attached hydrogens (tertiary/aromatic N) is 2. The summed E-state index contributed by atoms with van der Waals surface area (Å²) in [6, 6.07) is 13.2. The SMILES string of the molecule is C[C@H](NC(=O)CS(=O)(=O)Cc1ccc(C#N)cc1)c1ccccn1. The number of pyridine rings is 1. The second kappa shape index (κ2) is 7.70. The molecule has 1 amide bonds. The number of nitrogens with one attached hydrogen (secondary N) is 1. The Morgan fingerprint density at radius 2 is 1.96 bits per heavy atom. The van der Waals surface area contributed by atoms with Gasteiger partial charge >= 0.3 is 0 Å². The van der Waals surface area contributed by atoms with Crippen molar-refractivity contribution < 1.29 is 13.2 Å². The maximum Gasteiger partial charge on any atom is 0.235 e. The molecule has 0 fully saturated rings. The molecule has 1 N–H and O–H groups in total. The Morgan fingerprint density at radius 3 is 2.54 bits per heavy atom. The van der Waals surface area contributed by atoms with Crippen molar-refractivity contribution in [2.24, 2.45) is 0 Å². The predicted molar refractivity (Wildman–Crippen MR) is 89.4 cm³/mol. The zero-order valence-electron chi connectivity index (χ0n) is 13.1. The summed E-state index contributed by atoms with van der Waals surface area (Å²) in [4.78, 5) is 16.1. The summed E-state index contributed by atoms with van der Waals surface area (Å²) >= 11 is 0. The molecule has 7 heteroatoms. The highest BCUT2D eigenvalue weighted by atomic mass is 32.2. The van der Waals surface area contributed by atoms with Gasteiger partial charge in [-0.1, -0.05) is 18.2 Å². The van der Waals surface area contributed by atoms with E-state index in [4.69, 9.17) is 5.26 Å². The van der Waals surface area contributed by atoms with Gasteiger partial charge in [-0.2, -0.15) is 5.26 Å². The van der Waals surface area contributed by atoms with Crippen LogP contribution in [0.1, 0.15) is 29.8 Å². The highest BCUT2D eigenvalue weighted by molar-refractivity contribution is 7.91. The second-order valence-electron chi connectivity index (χ2n) is 5.38. The molecule has 6 nitrogen and oxygen atoms in total. The summed E-state index contributed by atoms with van der Waals surface area (Å²) in [6.45, 7) is 1.74. The number of benzene rings is 1. The first-order valence-electron chi connectivity index (χ1n) is 7.29. The number of nitriles is 1. The van der Waals surface area contributed by atoms with Crippen LogP contribution in [0.5, 0.6) is 0 Å². The molecule has 0 saturated carbocycles. The van der Waals surface area contributed by atoms with Gasteiger partial charge in [-0.15, -0.1) is 0 Å². The normalized spacial score (nSPS) is 12.2. The summed E-state index contributed by atoms with van der Waals surface area (Å²) in [5.74, 6) is -1.41. The molecule has 0 aliphatic rings. The second-order valence-corrected chi connectivity index (χ2v) is 7.45. The smallest absolute Gasteiger partial charge is 0.235 e. The van der Waals surface area contributed by atoms with Gasteiger partial charge in [0.15, 0.2) is 9.84 Å². The summed E-state index contributed by atoms with van der Waals surface area (Å²) in [7, 11) is -3.60. The molecule has 0 unspecified atom stereocenters. The lowest BCUT2D eigenvalue weighted by Crippen LogP contribution is -2.33. The molecule has 24 heavy (non-hydrogen) atoms. The highest BCUT2D eigenvalue weighted by Gasteiger charge is 2.19. The molecule has 0 aliphatic carbocycles. The first-order valence-corrected chi connectivity index (χ1v) is 9.11. The van der Waals surface area contributed by atoms with Gasteiger partial charge in [0.05, 0.1) is 29.1 Å². The Bertz CT molecular complexity index is 841. The van der Waals surface area contributed by atoms with E-state index in [1.54, 1.807) is 55.6 Å². The number of sulfone groups is 1. The van der Waals surface area contributed by atoms with E-state index in [1.165, 1.54) is 0 Å². The van der Waals surface area contributed by atoms with Crippen LogP contribution in [0.3, 0.4) is 0 Å². The van der Waals surface area contributed by atoms with Crippen molar-refractivity contribution in [1.82, 2.24) is 10.3 Å². The van der Waals surface area contributed by atoms with Crippen molar-refractivity contribution in [2.45, 2.75) is 18.7 Å². The number of hydrogen-bond donors (Lipinski definition) is 1. The number of amides is 1. The number of carbonyl (C=O) groups excluding carboxylic acids is 1. The van der Waals surface area contributed by atoms with Crippen LogP contribution >= 0.6 is 0 Å². The van der Waals surface area contributed by atoms with Gasteiger partial charge in [0.1, 0.15) is 5.75 Å². The Balaban J connectivity index is 1.95. The number of carbonyl (C=O) groups is 1. The van der Waals surface area contributed by atoms with Gasteiger partial charge < -0.3 is 5.32 Å². The van der Waals surface area contributed by atoms with Crippen LogP contribution in [0, 0.1) is 11.3 Å². The van der Waals surface area contributed by atoms with Crippen LogP contribution in [0.25, 0.3) is 0 Å². The Labute approximate surface area is 141 Å². The molecular formula is C17H17N3O3S. The van der Waals surface area contributed by atoms with Crippen LogP contribution < -0.4 is 5.32 Å². The van der Waals surface area contributed by atoms with Crippen LogP contribution in [0.4, 0.5) is 0 Å². The Morgan fingerprint density at radius 1 is 1.25 bits per heavy atom. The molecule has 0 spiro atoms. The minimum Gasteiger partial charge on any atom is -0.347 e. The minimum absolute atomic E-state index is 0.246. The quantitative estimate of drug-likeness (QED) is 0.861. The molecule has 2 aromatic rings. The van der Waals surface area contributed by atoms with E-state index in [1.807, 2.05) is 6.07 Å².